The number of anilines is 1. The van der Waals surface area contributed by atoms with Crippen molar-refractivity contribution < 1.29 is 0 Å². The first-order valence-electron chi connectivity index (χ1n) is 6.08. The van der Waals surface area contributed by atoms with Gasteiger partial charge in [0.2, 0.25) is 0 Å². The van der Waals surface area contributed by atoms with Crippen LogP contribution in [0.25, 0.3) is 0 Å². The largest absolute Gasteiger partial charge is 0.399 e. The fraction of sp³-hybridized carbons (Fsp3) is 0.500. The van der Waals surface area contributed by atoms with Crippen molar-refractivity contribution in [3.8, 4) is 6.07 Å². The van der Waals surface area contributed by atoms with Crippen molar-refractivity contribution in [3.05, 3.63) is 29.8 Å². The van der Waals surface area contributed by atoms with Crippen molar-refractivity contribution in [1.29, 1.82) is 5.26 Å². The molecule has 0 amide bonds. The lowest BCUT2D eigenvalue weighted by Gasteiger charge is -2.30. The van der Waals surface area contributed by atoms with Gasteiger partial charge in [0.1, 0.15) is 0 Å². The van der Waals surface area contributed by atoms with Crippen LogP contribution in [-0.2, 0) is 6.54 Å². The molecule has 92 valence electrons. The molecule has 0 saturated heterocycles. The first-order valence-corrected chi connectivity index (χ1v) is 6.08. The summed E-state index contributed by atoms with van der Waals surface area (Å²) in [6, 6.07) is 10.6. The van der Waals surface area contributed by atoms with Gasteiger partial charge in [0, 0.05) is 18.3 Å². The third-order valence-electron chi connectivity index (χ3n) is 2.94. The van der Waals surface area contributed by atoms with Crippen LogP contribution in [0.15, 0.2) is 24.3 Å². The lowest BCUT2D eigenvalue weighted by atomic mass is 10.1. The van der Waals surface area contributed by atoms with Gasteiger partial charge in [-0.05, 0) is 38.0 Å². The Morgan fingerprint density at radius 3 is 2.29 bits per heavy atom. The molecule has 0 aliphatic rings. The molecule has 3 nitrogen and oxygen atoms in total. The predicted molar refractivity (Wildman–Crippen MR) is 71.2 cm³/mol. The first kappa shape index (κ1) is 13.5. The summed E-state index contributed by atoms with van der Waals surface area (Å²) < 4.78 is 0. The number of nitrogens with zero attached hydrogens (tertiary/aromatic N) is 2. The van der Waals surface area contributed by atoms with Gasteiger partial charge < -0.3 is 5.73 Å². The molecule has 0 radical (unpaired) electrons. The lowest BCUT2D eigenvalue weighted by Crippen LogP contribution is -2.38. The summed E-state index contributed by atoms with van der Waals surface area (Å²) in [5.74, 6) is 0. The van der Waals surface area contributed by atoms with Crippen molar-refractivity contribution >= 4 is 5.69 Å². The molecule has 0 bridgehead atoms. The quantitative estimate of drug-likeness (QED) is 0.793. The van der Waals surface area contributed by atoms with E-state index in [0.717, 1.165) is 18.7 Å². The number of nitrogens with two attached hydrogens (primary N) is 1. The molecule has 1 rings (SSSR count). The monoisotopic (exact) mass is 231 g/mol. The van der Waals surface area contributed by atoms with Crippen LogP contribution in [0.4, 0.5) is 5.69 Å². The Morgan fingerprint density at radius 2 is 1.88 bits per heavy atom. The molecule has 1 aromatic carbocycles. The zero-order valence-corrected chi connectivity index (χ0v) is 10.9. The van der Waals surface area contributed by atoms with Crippen LogP contribution in [0.1, 0.15) is 32.8 Å². The second-order valence-electron chi connectivity index (χ2n) is 4.56. The minimum atomic E-state index is -0.0208. The van der Waals surface area contributed by atoms with E-state index in [9.17, 15) is 0 Å². The minimum Gasteiger partial charge on any atom is -0.399 e. The van der Waals surface area contributed by atoms with Gasteiger partial charge in [-0.25, -0.2) is 0 Å². The zero-order valence-electron chi connectivity index (χ0n) is 10.9. The summed E-state index contributed by atoms with van der Waals surface area (Å²) in [4.78, 5) is 2.21. The molecular weight excluding hydrogens is 210 g/mol. The number of nitrogen functional groups attached to an aromatic ring is 1. The summed E-state index contributed by atoms with van der Waals surface area (Å²) in [5.41, 5.74) is 7.63. The Balaban J connectivity index is 2.80. The number of hydrogen-bond donors (Lipinski definition) is 1. The van der Waals surface area contributed by atoms with E-state index in [-0.39, 0.29) is 6.04 Å². The van der Waals surface area contributed by atoms with Gasteiger partial charge in [-0.15, -0.1) is 0 Å². The Labute approximate surface area is 104 Å². The molecule has 0 aliphatic heterocycles. The molecule has 1 aromatic rings. The highest BCUT2D eigenvalue weighted by Gasteiger charge is 2.19. The van der Waals surface area contributed by atoms with E-state index in [1.807, 2.05) is 31.2 Å². The molecule has 0 saturated carbocycles. The molecule has 1 atom stereocenters. The van der Waals surface area contributed by atoms with Crippen molar-refractivity contribution in [2.45, 2.75) is 45.8 Å². The number of benzene rings is 1. The molecule has 0 fully saturated rings. The highest BCUT2D eigenvalue weighted by Crippen LogP contribution is 2.15. The van der Waals surface area contributed by atoms with Gasteiger partial charge >= 0.3 is 0 Å². The Kier molecular flexibility index (Phi) is 4.99. The minimum absolute atomic E-state index is 0.0208. The molecule has 2 N–H and O–H groups in total. The zero-order chi connectivity index (χ0) is 12.8. The fourth-order valence-electron chi connectivity index (χ4n) is 1.89. The van der Waals surface area contributed by atoms with Crippen LogP contribution in [0.3, 0.4) is 0 Å². The highest BCUT2D eigenvalue weighted by atomic mass is 15.2. The molecule has 0 aromatic heterocycles. The van der Waals surface area contributed by atoms with Gasteiger partial charge in [-0.2, -0.15) is 5.26 Å². The van der Waals surface area contributed by atoms with Crippen molar-refractivity contribution in [2.75, 3.05) is 5.73 Å². The van der Waals surface area contributed by atoms with Crippen molar-refractivity contribution in [1.82, 2.24) is 4.90 Å². The van der Waals surface area contributed by atoms with E-state index in [1.165, 1.54) is 5.56 Å². The summed E-state index contributed by atoms with van der Waals surface area (Å²) in [5, 5.41) is 9.16. The lowest BCUT2D eigenvalue weighted by molar-refractivity contribution is 0.173. The standard InChI is InChI=1S/C14H21N3/c1-4-14(9-15)17(11(2)3)10-12-5-7-13(16)8-6-12/h5-8,11,14H,4,10,16H2,1-3H3. The van der Waals surface area contributed by atoms with Crippen molar-refractivity contribution in [2.24, 2.45) is 0 Å². The maximum absolute atomic E-state index is 9.16. The Hall–Kier alpha value is -1.53. The van der Waals surface area contributed by atoms with E-state index < -0.39 is 0 Å². The van der Waals surface area contributed by atoms with Crippen molar-refractivity contribution in [3.63, 3.8) is 0 Å². The van der Waals surface area contributed by atoms with E-state index >= 15 is 0 Å². The second-order valence-corrected chi connectivity index (χ2v) is 4.56. The summed E-state index contributed by atoms with van der Waals surface area (Å²) in [7, 11) is 0. The maximum atomic E-state index is 9.16. The maximum Gasteiger partial charge on any atom is 0.0980 e. The van der Waals surface area contributed by atoms with Crippen LogP contribution in [0.2, 0.25) is 0 Å². The van der Waals surface area contributed by atoms with Crippen LogP contribution in [-0.4, -0.2) is 17.0 Å². The van der Waals surface area contributed by atoms with Gasteiger partial charge in [0.15, 0.2) is 0 Å². The third kappa shape index (κ3) is 3.76. The predicted octanol–water partition coefficient (Wildman–Crippen LogP) is 2.78. The molecule has 17 heavy (non-hydrogen) atoms. The number of hydrogen-bond acceptors (Lipinski definition) is 3. The van der Waals surface area contributed by atoms with E-state index in [4.69, 9.17) is 11.0 Å². The van der Waals surface area contributed by atoms with Gasteiger partial charge in [0.05, 0.1) is 12.1 Å². The van der Waals surface area contributed by atoms with E-state index in [2.05, 4.69) is 24.8 Å². The van der Waals surface area contributed by atoms with Crippen LogP contribution < -0.4 is 5.73 Å². The molecule has 1 unspecified atom stereocenters. The van der Waals surface area contributed by atoms with Crippen LogP contribution in [0.5, 0.6) is 0 Å². The summed E-state index contributed by atoms with van der Waals surface area (Å²) >= 11 is 0. The summed E-state index contributed by atoms with van der Waals surface area (Å²) in [6.07, 6.45) is 0.851. The van der Waals surface area contributed by atoms with Crippen LogP contribution in [0, 0.1) is 11.3 Å². The van der Waals surface area contributed by atoms with Gasteiger partial charge in [-0.3, -0.25) is 4.90 Å². The van der Waals surface area contributed by atoms with Crippen LogP contribution >= 0.6 is 0 Å². The molecular formula is C14H21N3. The smallest absolute Gasteiger partial charge is 0.0980 e. The summed E-state index contributed by atoms with van der Waals surface area (Å²) in [6.45, 7) is 7.09. The highest BCUT2D eigenvalue weighted by molar-refractivity contribution is 5.39. The number of rotatable bonds is 5. The number of nitriles is 1. The average Bonchev–Trinajstić information content (AvgIpc) is 2.31. The van der Waals surface area contributed by atoms with Gasteiger partial charge in [0.25, 0.3) is 0 Å². The Morgan fingerprint density at radius 1 is 1.29 bits per heavy atom. The van der Waals surface area contributed by atoms with Gasteiger partial charge in [-0.1, -0.05) is 19.1 Å². The normalized spacial score (nSPS) is 12.7. The molecule has 0 heterocycles. The molecule has 3 heteroatoms. The fourth-order valence-corrected chi connectivity index (χ4v) is 1.89. The second kappa shape index (κ2) is 6.27. The average molecular weight is 231 g/mol. The van der Waals surface area contributed by atoms with E-state index in [1.54, 1.807) is 0 Å². The SMILES string of the molecule is CCC(C#N)N(Cc1ccc(N)cc1)C(C)C. The topological polar surface area (TPSA) is 53.0 Å². The molecule has 0 spiro atoms. The molecule has 0 aliphatic carbocycles. The first-order chi connectivity index (χ1) is 8.08. The Bertz CT molecular complexity index is 375. The van der Waals surface area contributed by atoms with E-state index in [0.29, 0.717) is 6.04 Å². The third-order valence-corrected chi connectivity index (χ3v) is 2.94.